The predicted molar refractivity (Wildman–Crippen MR) is 92.1 cm³/mol. The van der Waals surface area contributed by atoms with E-state index in [0.717, 1.165) is 56.8 Å². The minimum atomic E-state index is -0.642. The van der Waals surface area contributed by atoms with E-state index in [1.165, 1.54) is 5.57 Å². The largest absolute Gasteiger partial charge is 0.481 e. The Morgan fingerprint density at radius 1 is 1.39 bits per heavy atom. The lowest BCUT2D eigenvalue weighted by molar-refractivity contribution is -0.164. The Labute approximate surface area is 139 Å². The highest BCUT2D eigenvalue weighted by atomic mass is 16.4. The molecule has 3 nitrogen and oxygen atoms in total. The third-order valence-electron chi connectivity index (χ3n) is 6.69. The number of aldehydes is 1. The van der Waals surface area contributed by atoms with Crippen molar-refractivity contribution in [3.8, 4) is 0 Å². The molecule has 0 amide bonds. The Morgan fingerprint density at radius 2 is 2.09 bits per heavy atom. The fraction of sp³-hybridized carbons (Fsp3) is 0.700. The van der Waals surface area contributed by atoms with E-state index in [0.29, 0.717) is 5.92 Å². The van der Waals surface area contributed by atoms with Gasteiger partial charge in [-0.3, -0.25) is 9.59 Å². The molecule has 0 bridgehead atoms. The van der Waals surface area contributed by atoms with Crippen LogP contribution in [0.2, 0.25) is 0 Å². The van der Waals surface area contributed by atoms with Crippen molar-refractivity contribution in [1.29, 1.82) is 0 Å². The van der Waals surface area contributed by atoms with Gasteiger partial charge < -0.3 is 5.11 Å². The maximum atomic E-state index is 11.9. The van der Waals surface area contributed by atoms with Crippen molar-refractivity contribution in [3.63, 3.8) is 0 Å². The molecular formula is C20H30O3. The van der Waals surface area contributed by atoms with Crippen LogP contribution in [0.1, 0.15) is 65.7 Å². The summed E-state index contributed by atoms with van der Waals surface area (Å²) in [5.41, 5.74) is 1.77. The second kappa shape index (κ2) is 6.62. The molecule has 2 aliphatic carbocycles. The van der Waals surface area contributed by atoms with Gasteiger partial charge in [-0.15, -0.1) is 0 Å². The lowest BCUT2D eigenvalue weighted by atomic mass is 9.46. The minimum absolute atomic E-state index is 0.0161. The van der Waals surface area contributed by atoms with Gasteiger partial charge in [0.05, 0.1) is 5.41 Å². The molecule has 0 radical (unpaired) electrons. The van der Waals surface area contributed by atoms with Gasteiger partial charge in [0, 0.05) is 0 Å². The smallest absolute Gasteiger partial charge is 0.309 e. The normalized spacial score (nSPS) is 38.0. The van der Waals surface area contributed by atoms with Crippen molar-refractivity contribution >= 4 is 12.3 Å². The molecule has 2 rings (SSSR count). The zero-order chi connectivity index (χ0) is 17.3. The number of fused-ring (bicyclic) bond motifs is 1. The average molecular weight is 318 g/mol. The summed E-state index contributed by atoms with van der Waals surface area (Å²) in [5, 5.41) is 9.82. The number of carboxylic acids is 1. The Morgan fingerprint density at radius 3 is 2.70 bits per heavy atom. The van der Waals surface area contributed by atoms with E-state index in [4.69, 9.17) is 0 Å². The maximum absolute atomic E-state index is 11.9. The molecule has 0 heterocycles. The van der Waals surface area contributed by atoms with Crippen LogP contribution in [0.5, 0.6) is 0 Å². The molecule has 4 atom stereocenters. The molecule has 2 aliphatic rings. The van der Waals surface area contributed by atoms with E-state index in [9.17, 15) is 14.7 Å². The molecule has 0 aliphatic heterocycles. The lowest BCUT2D eigenvalue weighted by Crippen LogP contribution is -2.53. The molecule has 23 heavy (non-hydrogen) atoms. The Hall–Kier alpha value is -1.38. The van der Waals surface area contributed by atoms with Gasteiger partial charge >= 0.3 is 5.97 Å². The molecule has 2 saturated carbocycles. The molecule has 0 aromatic rings. The summed E-state index contributed by atoms with van der Waals surface area (Å²) in [6, 6.07) is 0. The lowest BCUT2D eigenvalue weighted by Gasteiger charge is -2.57. The highest BCUT2D eigenvalue weighted by Gasteiger charge is 2.57. The topological polar surface area (TPSA) is 54.4 Å². The zero-order valence-corrected chi connectivity index (χ0v) is 14.7. The summed E-state index contributed by atoms with van der Waals surface area (Å²) >= 11 is 0. The number of allylic oxidation sites excluding steroid dienone is 3. The second-order valence-corrected chi connectivity index (χ2v) is 8.07. The quantitative estimate of drug-likeness (QED) is 0.451. The highest BCUT2D eigenvalue weighted by Crippen LogP contribution is 2.62. The Kier molecular flexibility index (Phi) is 5.17. The van der Waals surface area contributed by atoms with E-state index in [1.54, 1.807) is 6.08 Å². The molecule has 0 aromatic heterocycles. The van der Waals surface area contributed by atoms with Crippen molar-refractivity contribution in [3.05, 3.63) is 23.8 Å². The summed E-state index contributed by atoms with van der Waals surface area (Å²) in [6.45, 7) is 10.5. The van der Waals surface area contributed by atoms with Gasteiger partial charge in [0.25, 0.3) is 0 Å². The minimum Gasteiger partial charge on any atom is -0.481 e. The molecule has 2 fully saturated rings. The van der Waals surface area contributed by atoms with E-state index in [-0.39, 0.29) is 11.3 Å². The summed E-state index contributed by atoms with van der Waals surface area (Å²) in [5.74, 6) is -0.0703. The number of carboxylic acid groups (broad SMARTS) is 1. The predicted octanol–water partition coefficient (Wildman–Crippen LogP) is 4.78. The molecule has 0 unspecified atom stereocenters. The second-order valence-electron chi connectivity index (χ2n) is 8.07. The van der Waals surface area contributed by atoms with Crippen LogP contribution in [0.25, 0.3) is 0 Å². The van der Waals surface area contributed by atoms with Gasteiger partial charge in [-0.2, -0.15) is 0 Å². The van der Waals surface area contributed by atoms with Gasteiger partial charge in [-0.25, -0.2) is 0 Å². The van der Waals surface area contributed by atoms with E-state index >= 15 is 0 Å². The average Bonchev–Trinajstić information content (AvgIpc) is 2.46. The van der Waals surface area contributed by atoms with Crippen molar-refractivity contribution in [2.45, 2.75) is 65.7 Å². The van der Waals surface area contributed by atoms with Crippen LogP contribution in [0.3, 0.4) is 0 Å². The third-order valence-corrected chi connectivity index (χ3v) is 6.69. The molecule has 0 saturated heterocycles. The Balaban J connectivity index is 2.27. The summed E-state index contributed by atoms with van der Waals surface area (Å²) < 4.78 is 0. The van der Waals surface area contributed by atoms with Crippen LogP contribution in [-0.2, 0) is 9.59 Å². The number of aliphatic carboxylic acids is 1. The van der Waals surface area contributed by atoms with Crippen LogP contribution in [0, 0.1) is 22.7 Å². The van der Waals surface area contributed by atoms with Gasteiger partial charge in [-0.1, -0.05) is 31.1 Å². The number of hydrogen-bond acceptors (Lipinski definition) is 2. The van der Waals surface area contributed by atoms with Crippen molar-refractivity contribution in [2.75, 3.05) is 0 Å². The van der Waals surface area contributed by atoms with Gasteiger partial charge in [0.15, 0.2) is 0 Å². The number of hydrogen-bond donors (Lipinski definition) is 1. The third kappa shape index (κ3) is 3.15. The maximum Gasteiger partial charge on any atom is 0.309 e. The number of carbonyl (C=O) groups excluding carboxylic acids is 1. The first kappa shape index (κ1) is 18.0. The van der Waals surface area contributed by atoms with Crippen LogP contribution in [-0.4, -0.2) is 17.4 Å². The van der Waals surface area contributed by atoms with Crippen molar-refractivity contribution in [1.82, 2.24) is 0 Å². The van der Waals surface area contributed by atoms with Crippen molar-refractivity contribution < 1.29 is 14.7 Å². The van der Waals surface area contributed by atoms with Gasteiger partial charge in [-0.05, 0) is 75.7 Å². The van der Waals surface area contributed by atoms with Gasteiger partial charge in [0.2, 0.25) is 0 Å². The van der Waals surface area contributed by atoms with E-state index in [1.807, 2.05) is 13.8 Å². The fourth-order valence-electron chi connectivity index (χ4n) is 5.31. The van der Waals surface area contributed by atoms with E-state index < -0.39 is 11.4 Å². The summed E-state index contributed by atoms with van der Waals surface area (Å²) in [6.07, 6.45) is 9.05. The molecule has 0 aromatic carbocycles. The Bertz CT molecular complexity index is 533. The summed E-state index contributed by atoms with van der Waals surface area (Å²) in [4.78, 5) is 22.6. The highest BCUT2D eigenvalue weighted by molar-refractivity contribution is 5.75. The summed E-state index contributed by atoms with van der Waals surface area (Å²) in [7, 11) is 0. The molecule has 1 N–H and O–H groups in total. The first-order chi connectivity index (χ1) is 10.8. The first-order valence-electron chi connectivity index (χ1n) is 8.77. The van der Waals surface area contributed by atoms with Crippen LogP contribution in [0.4, 0.5) is 0 Å². The van der Waals surface area contributed by atoms with Crippen LogP contribution < -0.4 is 0 Å². The zero-order valence-electron chi connectivity index (χ0n) is 14.7. The molecule has 128 valence electrons. The van der Waals surface area contributed by atoms with Crippen LogP contribution in [0.15, 0.2) is 23.8 Å². The van der Waals surface area contributed by atoms with Gasteiger partial charge in [0.1, 0.15) is 6.29 Å². The fourth-order valence-corrected chi connectivity index (χ4v) is 5.31. The first-order valence-corrected chi connectivity index (χ1v) is 8.77. The molecule has 3 heteroatoms. The standard InChI is InChI=1S/C20H30O3/c1-14(10-13-21)6-8-16-15(2)7-9-17-19(16,3)11-5-12-20(17,4)18(22)23/h10,13,16-17H,2,5-9,11-12H2,1,3-4H3,(H,22,23)/b14-10+/t16-,17-,19+,20-/m0/s1. The SMILES string of the molecule is C=C1CC[C@H]2[C@](C)(CCC[C@]2(C)C(=O)O)[C@H]1CC/C(C)=C/C=O. The van der Waals surface area contributed by atoms with Crippen LogP contribution >= 0.6 is 0 Å². The van der Waals surface area contributed by atoms with Crippen molar-refractivity contribution in [2.24, 2.45) is 22.7 Å². The number of carbonyl (C=O) groups is 2. The number of rotatable bonds is 5. The van der Waals surface area contributed by atoms with E-state index in [2.05, 4.69) is 13.5 Å². The monoisotopic (exact) mass is 318 g/mol. The molecule has 0 spiro atoms. The molecular weight excluding hydrogens is 288 g/mol.